The van der Waals surface area contributed by atoms with Crippen molar-refractivity contribution in [2.24, 2.45) is 0 Å². The lowest BCUT2D eigenvalue weighted by atomic mass is 10.1. The van der Waals surface area contributed by atoms with Crippen LogP contribution in [0.25, 0.3) is 27.8 Å². The van der Waals surface area contributed by atoms with E-state index in [0.29, 0.717) is 23.7 Å². The Morgan fingerprint density at radius 2 is 1.84 bits per heavy atom. The van der Waals surface area contributed by atoms with Gasteiger partial charge in [-0.05, 0) is 43.2 Å². The van der Waals surface area contributed by atoms with Gasteiger partial charge in [-0.1, -0.05) is 49.0 Å². The van der Waals surface area contributed by atoms with E-state index in [-0.39, 0.29) is 17.0 Å². The molecule has 2 aromatic carbocycles. The van der Waals surface area contributed by atoms with Gasteiger partial charge in [-0.2, -0.15) is 0 Å². The molecule has 2 aromatic heterocycles. The van der Waals surface area contributed by atoms with Gasteiger partial charge in [0.1, 0.15) is 28.1 Å². The van der Waals surface area contributed by atoms with Gasteiger partial charge in [0.25, 0.3) is 0 Å². The van der Waals surface area contributed by atoms with E-state index >= 15 is 0 Å². The highest BCUT2D eigenvalue weighted by molar-refractivity contribution is 8.00. The van der Waals surface area contributed by atoms with Gasteiger partial charge in [0, 0.05) is 17.4 Å². The molecule has 4 rings (SSSR count). The summed E-state index contributed by atoms with van der Waals surface area (Å²) in [5, 5.41) is 1.20. The molecule has 4 aromatic rings. The van der Waals surface area contributed by atoms with Crippen LogP contribution in [0.4, 0.5) is 4.39 Å². The molecule has 31 heavy (non-hydrogen) atoms. The average Bonchev–Trinajstić information content (AvgIpc) is 3.19. The molecular formula is C24H22FN3O2S. The van der Waals surface area contributed by atoms with E-state index in [9.17, 15) is 9.18 Å². The van der Waals surface area contributed by atoms with Crippen LogP contribution < -0.4 is 0 Å². The minimum absolute atomic E-state index is 0.249. The first-order valence-corrected chi connectivity index (χ1v) is 11.0. The van der Waals surface area contributed by atoms with Crippen molar-refractivity contribution >= 4 is 28.8 Å². The number of hydrogen-bond acceptors (Lipinski definition) is 5. The van der Waals surface area contributed by atoms with Crippen molar-refractivity contribution < 1.29 is 13.9 Å². The molecule has 0 aliphatic rings. The van der Waals surface area contributed by atoms with E-state index in [0.717, 1.165) is 22.2 Å². The second kappa shape index (κ2) is 9.31. The number of carbonyl (C=O) groups is 1. The largest absolute Gasteiger partial charge is 0.465 e. The highest BCUT2D eigenvalue weighted by atomic mass is 32.2. The number of fused-ring (bicyclic) bond motifs is 1. The van der Waals surface area contributed by atoms with Crippen LogP contribution in [0.15, 0.2) is 72.1 Å². The standard InChI is InChI=1S/C24H22FN3O2S/c1-3-20(24(29)30-4-2)31-23-21-19(16-8-6-5-7-9-16)14-28(22(21)26-15-27-23)18-12-10-17(25)11-13-18/h5-15,20H,3-4H2,1-2H3/t20-/m1/s1. The molecule has 0 fully saturated rings. The highest BCUT2D eigenvalue weighted by Gasteiger charge is 2.24. The number of hydrogen-bond donors (Lipinski definition) is 0. The van der Waals surface area contributed by atoms with Crippen LogP contribution in [-0.4, -0.2) is 32.4 Å². The summed E-state index contributed by atoms with van der Waals surface area (Å²) in [7, 11) is 0. The summed E-state index contributed by atoms with van der Waals surface area (Å²) < 4.78 is 20.7. The second-order valence-electron chi connectivity index (χ2n) is 6.90. The van der Waals surface area contributed by atoms with Crippen LogP contribution in [-0.2, 0) is 9.53 Å². The molecule has 0 bridgehead atoms. The van der Waals surface area contributed by atoms with Gasteiger partial charge < -0.3 is 9.30 Å². The summed E-state index contributed by atoms with van der Waals surface area (Å²) in [6.45, 7) is 4.09. The van der Waals surface area contributed by atoms with E-state index in [1.807, 2.05) is 48.0 Å². The lowest BCUT2D eigenvalue weighted by molar-refractivity contribution is -0.142. The molecule has 0 aliphatic heterocycles. The van der Waals surface area contributed by atoms with E-state index < -0.39 is 0 Å². The monoisotopic (exact) mass is 435 g/mol. The van der Waals surface area contributed by atoms with E-state index in [1.165, 1.54) is 30.2 Å². The topological polar surface area (TPSA) is 57.0 Å². The zero-order valence-corrected chi connectivity index (χ0v) is 18.1. The molecule has 158 valence electrons. The van der Waals surface area contributed by atoms with Gasteiger partial charge >= 0.3 is 5.97 Å². The molecule has 0 amide bonds. The van der Waals surface area contributed by atoms with Crippen molar-refractivity contribution in [3.8, 4) is 16.8 Å². The first-order valence-electron chi connectivity index (χ1n) is 10.1. The van der Waals surface area contributed by atoms with Gasteiger partial charge in [0.2, 0.25) is 0 Å². The molecular weight excluding hydrogens is 413 g/mol. The number of thioether (sulfide) groups is 1. The van der Waals surface area contributed by atoms with Crippen LogP contribution in [0.2, 0.25) is 0 Å². The summed E-state index contributed by atoms with van der Waals surface area (Å²) in [4.78, 5) is 21.4. The van der Waals surface area contributed by atoms with Crippen LogP contribution in [0, 0.1) is 5.82 Å². The lowest BCUT2D eigenvalue weighted by Gasteiger charge is -2.13. The van der Waals surface area contributed by atoms with Gasteiger partial charge in [0.15, 0.2) is 0 Å². The third-order valence-corrected chi connectivity index (χ3v) is 6.26. The van der Waals surface area contributed by atoms with Crippen LogP contribution in [0.3, 0.4) is 0 Å². The Morgan fingerprint density at radius 3 is 2.52 bits per heavy atom. The Bertz CT molecular complexity index is 1190. The Labute approximate surface area is 184 Å². The van der Waals surface area contributed by atoms with Crippen molar-refractivity contribution in [1.29, 1.82) is 0 Å². The maximum atomic E-state index is 13.5. The molecule has 1 atom stereocenters. The maximum absolute atomic E-state index is 13.5. The first kappa shape index (κ1) is 21.1. The normalized spacial score (nSPS) is 12.1. The zero-order valence-electron chi connectivity index (χ0n) is 17.3. The Balaban J connectivity index is 1.90. The van der Waals surface area contributed by atoms with Gasteiger partial charge in [0.05, 0.1) is 12.0 Å². The minimum atomic E-state index is -0.365. The van der Waals surface area contributed by atoms with Gasteiger partial charge in [-0.3, -0.25) is 4.79 Å². The van der Waals surface area contributed by atoms with Crippen LogP contribution in [0.1, 0.15) is 20.3 Å². The SMILES string of the molecule is CCOC(=O)[C@@H](CC)Sc1ncnc2c1c(-c1ccccc1)cn2-c1ccc(F)cc1. The van der Waals surface area contributed by atoms with E-state index in [2.05, 4.69) is 9.97 Å². The van der Waals surface area contributed by atoms with Crippen molar-refractivity contribution in [3.05, 3.63) is 72.9 Å². The van der Waals surface area contributed by atoms with Crippen molar-refractivity contribution in [1.82, 2.24) is 14.5 Å². The lowest BCUT2D eigenvalue weighted by Crippen LogP contribution is -2.19. The highest BCUT2D eigenvalue weighted by Crippen LogP contribution is 2.38. The summed E-state index contributed by atoms with van der Waals surface area (Å²) in [5.74, 6) is -0.546. The number of halogens is 1. The first-order chi connectivity index (χ1) is 15.1. The molecule has 0 saturated carbocycles. The number of rotatable bonds is 7. The molecule has 0 N–H and O–H groups in total. The van der Waals surface area contributed by atoms with Crippen molar-refractivity contribution in [3.63, 3.8) is 0 Å². The molecule has 0 aliphatic carbocycles. The summed E-state index contributed by atoms with van der Waals surface area (Å²) in [6, 6.07) is 16.2. The molecule has 0 radical (unpaired) electrons. The molecule has 2 heterocycles. The quantitative estimate of drug-likeness (QED) is 0.213. The van der Waals surface area contributed by atoms with Crippen LogP contribution in [0.5, 0.6) is 0 Å². The fourth-order valence-electron chi connectivity index (χ4n) is 3.43. The third kappa shape index (κ3) is 4.32. The number of carbonyl (C=O) groups excluding carboxylic acids is 1. The third-order valence-electron chi connectivity index (χ3n) is 4.91. The molecule has 7 heteroatoms. The second-order valence-corrected chi connectivity index (χ2v) is 8.09. The summed E-state index contributed by atoms with van der Waals surface area (Å²) >= 11 is 1.39. The van der Waals surface area contributed by atoms with Crippen molar-refractivity contribution in [2.45, 2.75) is 30.5 Å². The molecule has 5 nitrogen and oxygen atoms in total. The summed E-state index contributed by atoms with van der Waals surface area (Å²) in [6.07, 6.45) is 4.10. The predicted molar refractivity (Wildman–Crippen MR) is 121 cm³/mol. The van der Waals surface area contributed by atoms with Crippen molar-refractivity contribution in [2.75, 3.05) is 6.61 Å². The van der Waals surface area contributed by atoms with Crippen LogP contribution >= 0.6 is 11.8 Å². The smallest absolute Gasteiger partial charge is 0.319 e. The average molecular weight is 436 g/mol. The van der Waals surface area contributed by atoms with E-state index in [1.54, 1.807) is 19.1 Å². The molecule has 0 unspecified atom stereocenters. The predicted octanol–water partition coefficient (Wildman–Crippen LogP) is 5.66. The van der Waals surface area contributed by atoms with Gasteiger partial charge in [-0.15, -0.1) is 0 Å². The number of benzene rings is 2. The van der Waals surface area contributed by atoms with Gasteiger partial charge in [-0.25, -0.2) is 14.4 Å². The minimum Gasteiger partial charge on any atom is -0.465 e. The summed E-state index contributed by atoms with van der Waals surface area (Å²) in [5.41, 5.74) is 3.44. The maximum Gasteiger partial charge on any atom is 0.319 e. The zero-order chi connectivity index (χ0) is 21.8. The fourth-order valence-corrected chi connectivity index (χ4v) is 4.45. The molecule has 0 spiro atoms. The van der Waals surface area contributed by atoms with E-state index in [4.69, 9.17) is 4.74 Å². The molecule has 0 saturated heterocycles. The fraction of sp³-hybridized carbons (Fsp3) is 0.208. The number of aromatic nitrogens is 3. The Kier molecular flexibility index (Phi) is 6.32. The number of ether oxygens (including phenoxy) is 1. The Morgan fingerprint density at radius 1 is 1.10 bits per heavy atom. The number of esters is 1. The number of nitrogens with zero attached hydrogens (tertiary/aromatic N) is 3. The Hall–Kier alpha value is -3.19.